The van der Waals surface area contributed by atoms with Gasteiger partial charge in [0, 0.05) is 4.47 Å². The van der Waals surface area contributed by atoms with Crippen LogP contribution in [0.4, 0.5) is 5.69 Å². The molecule has 2 rings (SSSR count). The van der Waals surface area contributed by atoms with Crippen molar-refractivity contribution in [1.29, 1.82) is 0 Å². The molecule has 2 aromatic carbocycles. The quantitative estimate of drug-likeness (QED) is 0.471. The molecule has 0 aliphatic rings. The summed E-state index contributed by atoms with van der Waals surface area (Å²) in [5.41, 5.74) is 5.45. The third-order valence-corrected chi connectivity index (χ3v) is 3.75. The Balaban J connectivity index is 2.18. The predicted octanol–water partition coefficient (Wildman–Crippen LogP) is 4.90. The molecule has 0 heterocycles. The zero-order valence-corrected chi connectivity index (χ0v) is 14.0. The van der Waals surface area contributed by atoms with Gasteiger partial charge in [-0.05, 0) is 28.7 Å². The number of hydrogen-bond acceptors (Lipinski definition) is 3. The number of hydrazone groups is 1. The lowest BCUT2D eigenvalue weighted by molar-refractivity contribution is 0.472. The van der Waals surface area contributed by atoms with Gasteiger partial charge in [-0.3, -0.25) is 5.43 Å². The number of halogens is 1. The summed E-state index contributed by atoms with van der Waals surface area (Å²) in [6.45, 7) is 6.31. The first-order valence-corrected chi connectivity index (χ1v) is 7.54. The van der Waals surface area contributed by atoms with Gasteiger partial charge in [-0.25, -0.2) is 0 Å². The van der Waals surface area contributed by atoms with Crippen molar-refractivity contribution >= 4 is 27.8 Å². The van der Waals surface area contributed by atoms with E-state index in [-0.39, 0.29) is 11.2 Å². The summed E-state index contributed by atoms with van der Waals surface area (Å²) in [5, 5.41) is 14.3. The lowest BCUT2D eigenvalue weighted by Gasteiger charge is -2.21. The van der Waals surface area contributed by atoms with Crippen molar-refractivity contribution in [1.82, 2.24) is 0 Å². The van der Waals surface area contributed by atoms with E-state index in [0.717, 1.165) is 15.6 Å². The van der Waals surface area contributed by atoms with Gasteiger partial charge < -0.3 is 5.11 Å². The average molecular weight is 347 g/mol. The van der Waals surface area contributed by atoms with Crippen LogP contribution in [0, 0.1) is 0 Å². The van der Waals surface area contributed by atoms with Crippen LogP contribution < -0.4 is 5.43 Å². The lowest BCUT2D eigenvalue weighted by atomic mass is 9.87. The first-order valence-electron chi connectivity index (χ1n) is 6.75. The number of phenols is 1. The molecule has 0 aliphatic carbocycles. The molecule has 0 amide bonds. The highest BCUT2D eigenvalue weighted by molar-refractivity contribution is 9.10. The van der Waals surface area contributed by atoms with E-state index < -0.39 is 0 Å². The molecule has 3 nitrogen and oxygen atoms in total. The first-order chi connectivity index (χ1) is 9.88. The van der Waals surface area contributed by atoms with Crippen molar-refractivity contribution in [2.24, 2.45) is 5.10 Å². The minimum atomic E-state index is -0.0395. The van der Waals surface area contributed by atoms with Crippen molar-refractivity contribution in [3.05, 3.63) is 58.1 Å². The number of nitrogens with one attached hydrogen (secondary N) is 1. The number of anilines is 1. The topological polar surface area (TPSA) is 44.6 Å². The summed E-state index contributed by atoms with van der Waals surface area (Å²) >= 11 is 3.55. The fourth-order valence-electron chi connectivity index (χ4n) is 1.94. The van der Waals surface area contributed by atoms with E-state index in [2.05, 4.69) is 47.2 Å². The van der Waals surface area contributed by atoms with Crippen LogP contribution in [-0.2, 0) is 5.41 Å². The Labute approximate surface area is 133 Å². The molecule has 0 spiro atoms. The summed E-state index contributed by atoms with van der Waals surface area (Å²) in [6.07, 6.45) is 1.71. The number of nitrogens with zero attached hydrogens (tertiary/aromatic N) is 1. The van der Waals surface area contributed by atoms with Crippen LogP contribution in [-0.4, -0.2) is 11.3 Å². The standard InChI is InChI=1S/C17H19BrN2O/c1-17(2,3)13-9-16(21)15(10-14(13)18)20-19-11-12-7-5-4-6-8-12/h4-11,20-21H,1-3H3/b19-11+. The molecule has 0 saturated carbocycles. The SMILES string of the molecule is CC(C)(C)c1cc(O)c(N/N=C/c2ccccc2)cc1Br. The van der Waals surface area contributed by atoms with Crippen LogP contribution in [0.25, 0.3) is 0 Å². The van der Waals surface area contributed by atoms with Gasteiger partial charge in [0.1, 0.15) is 5.75 Å². The molecule has 21 heavy (non-hydrogen) atoms. The maximum atomic E-state index is 10.1. The fourth-order valence-corrected chi connectivity index (χ4v) is 2.88. The van der Waals surface area contributed by atoms with Gasteiger partial charge in [0.2, 0.25) is 0 Å². The van der Waals surface area contributed by atoms with E-state index in [1.165, 1.54) is 0 Å². The fraction of sp³-hybridized carbons (Fsp3) is 0.235. The van der Waals surface area contributed by atoms with Gasteiger partial charge in [-0.15, -0.1) is 0 Å². The summed E-state index contributed by atoms with van der Waals surface area (Å²) in [4.78, 5) is 0. The van der Waals surface area contributed by atoms with Crippen LogP contribution in [0.5, 0.6) is 5.75 Å². The number of benzene rings is 2. The Morgan fingerprint density at radius 3 is 2.43 bits per heavy atom. The van der Waals surface area contributed by atoms with Crippen LogP contribution in [0.2, 0.25) is 0 Å². The predicted molar refractivity (Wildman–Crippen MR) is 92.2 cm³/mol. The smallest absolute Gasteiger partial charge is 0.140 e. The highest BCUT2D eigenvalue weighted by atomic mass is 79.9. The monoisotopic (exact) mass is 346 g/mol. The van der Waals surface area contributed by atoms with E-state index in [4.69, 9.17) is 0 Å². The van der Waals surface area contributed by atoms with Crippen LogP contribution >= 0.6 is 15.9 Å². The van der Waals surface area contributed by atoms with Gasteiger partial charge in [0.25, 0.3) is 0 Å². The van der Waals surface area contributed by atoms with Gasteiger partial charge in [0.15, 0.2) is 0 Å². The van der Waals surface area contributed by atoms with Crippen molar-refractivity contribution in [2.45, 2.75) is 26.2 Å². The summed E-state index contributed by atoms with van der Waals surface area (Å²) in [5.74, 6) is 0.188. The van der Waals surface area contributed by atoms with Gasteiger partial charge in [0.05, 0.1) is 11.9 Å². The highest BCUT2D eigenvalue weighted by Crippen LogP contribution is 2.37. The molecule has 0 saturated heterocycles. The van der Waals surface area contributed by atoms with Crippen molar-refractivity contribution in [3.63, 3.8) is 0 Å². The maximum Gasteiger partial charge on any atom is 0.140 e. The Hall–Kier alpha value is -1.81. The summed E-state index contributed by atoms with van der Waals surface area (Å²) < 4.78 is 0.949. The average Bonchev–Trinajstić information content (AvgIpc) is 2.42. The molecule has 2 aromatic rings. The van der Waals surface area contributed by atoms with Crippen molar-refractivity contribution < 1.29 is 5.11 Å². The Morgan fingerprint density at radius 2 is 1.81 bits per heavy atom. The number of hydrogen-bond donors (Lipinski definition) is 2. The van der Waals surface area contributed by atoms with E-state index in [1.54, 1.807) is 12.3 Å². The third-order valence-electron chi connectivity index (χ3n) is 3.09. The molecule has 0 radical (unpaired) electrons. The Kier molecular flexibility index (Phi) is 4.68. The largest absolute Gasteiger partial charge is 0.506 e. The minimum Gasteiger partial charge on any atom is -0.506 e. The van der Waals surface area contributed by atoms with Gasteiger partial charge in [-0.1, -0.05) is 67.0 Å². The molecule has 110 valence electrons. The third kappa shape index (κ3) is 4.08. The van der Waals surface area contributed by atoms with E-state index in [1.807, 2.05) is 36.4 Å². The molecule has 0 fully saturated rings. The molecule has 4 heteroatoms. The lowest BCUT2D eigenvalue weighted by Crippen LogP contribution is -2.12. The van der Waals surface area contributed by atoms with E-state index >= 15 is 0 Å². The van der Waals surface area contributed by atoms with Gasteiger partial charge in [-0.2, -0.15) is 5.10 Å². The molecule has 2 N–H and O–H groups in total. The summed E-state index contributed by atoms with van der Waals surface area (Å²) in [6, 6.07) is 13.4. The maximum absolute atomic E-state index is 10.1. The zero-order valence-electron chi connectivity index (χ0n) is 12.4. The Bertz CT molecular complexity index is 646. The highest BCUT2D eigenvalue weighted by Gasteiger charge is 2.19. The van der Waals surface area contributed by atoms with E-state index in [9.17, 15) is 5.11 Å². The number of phenolic OH excluding ortho intramolecular Hbond substituents is 1. The van der Waals surface area contributed by atoms with Crippen molar-refractivity contribution in [3.8, 4) is 5.75 Å². The first kappa shape index (κ1) is 15.6. The molecule has 0 unspecified atom stereocenters. The van der Waals surface area contributed by atoms with Crippen LogP contribution in [0.3, 0.4) is 0 Å². The Morgan fingerprint density at radius 1 is 1.14 bits per heavy atom. The number of aromatic hydroxyl groups is 1. The summed E-state index contributed by atoms with van der Waals surface area (Å²) in [7, 11) is 0. The van der Waals surface area contributed by atoms with Crippen LogP contribution in [0.1, 0.15) is 31.9 Å². The second kappa shape index (κ2) is 6.31. The van der Waals surface area contributed by atoms with E-state index in [0.29, 0.717) is 5.69 Å². The van der Waals surface area contributed by atoms with Crippen molar-refractivity contribution in [2.75, 3.05) is 5.43 Å². The van der Waals surface area contributed by atoms with Crippen LogP contribution in [0.15, 0.2) is 52.0 Å². The number of rotatable bonds is 3. The second-order valence-electron chi connectivity index (χ2n) is 5.88. The molecule has 0 bridgehead atoms. The molecule has 0 aromatic heterocycles. The second-order valence-corrected chi connectivity index (χ2v) is 6.73. The molecule has 0 aliphatic heterocycles. The zero-order chi connectivity index (χ0) is 15.5. The molecular weight excluding hydrogens is 328 g/mol. The van der Waals surface area contributed by atoms with Gasteiger partial charge >= 0.3 is 0 Å². The minimum absolute atomic E-state index is 0.0395. The molecule has 0 atom stereocenters. The normalized spacial score (nSPS) is 11.8. The molecular formula is C17H19BrN2O.